The molecule has 2 unspecified atom stereocenters. The Morgan fingerprint density at radius 2 is 1.73 bits per heavy atom. The van der Waals surface area contributed by atoms with Crippen LogP contribution < -0.4 is 0 Å². The third-order valence-corrected chi connectivity index (χ3v) is 7.30. The van der Waals surface area contributed by atoms with Crippen LogP contribution in [0.25, 0.3) is 0 Å². The molecule has 11 heteroatoms. The fourth-order valence-electron chi connectivity index (χ4n) is 3.81. The second kappa shape index (κ2) is 8.05. The van der Waals surface area contributed by atoms with E-state index in [0.29, 0.717) is 10.6 Å². The fourth-order valence-corrected chi connectivity index (χ4v) is 6.04. The van der Waals surface area contributed by atoms with Crippen molar-refractivity contribution in [2.24, 2.45) is 5.18 Å². The highest BCUT2D eigenvalue weighted by atomic mass is 33.1. The van der Waals surface area contributed by atoms with E-state index >= 15 is 0 Å². The summed E-state index contributed by atoms with van der Waals surface area (Å²) in [4.78, 5) is 22.8. The molecule has 3 aliphatic rings. The minimum atomic E-state index is -1.19. The Morgan fingerprint density at radius 3 is 2.43 bits per heavy atom. The molecule has 1 aromatic rings. The van der Waals surface area contributed by atoms with Crippen LogP contribution in [0, 0.1) is 4.91 Å². The number of ether oxygens (including phenoxy) is 5. The van der Waals surface area contributed by atoms with E-state index in [1.165, 1.54) is 33.7 Å². The molecule has 30 heavy (non-hydrogen) atoms. The molecule has 3 fully saturated rings. The molecule has 0 aromatic heterocycles. The van der Waals surface area contributed by atoms with Crippen LogP contribution in [0.1, 0.15) is 38.1 Å². The molecule has 1 aromatic carbocycles. The highest BCUT2D eigenvalue weighted by Crippen LogP contribution is 2.45. The van der Waals surface area contributed by atoms with Crippen molar-refractivity contribution in [3.8, 4) is 0 Å². The zero-order valence-corrected chi connectivity index (χ0v) is 18.5. The van der Waals surface area contributed by atoms with Gasteiger partial charge in [-0.05, 0) is 51.1 Å². The zero-order valence-electron chi connectivity index (χ0n) is 16.9. The molecule has 1 N–H and O–H groups in total. The second-order valence-electron chi connectivity index (χ2n) is 8.15. The normalized spacial score (nSPS) is 33.7. The molecular weight excluding hydrogens is 434 g/mol. The maximum Gasteiger partial charge on any atom is 0.338 e. The third kappa shape index (κ3) is 4.38. The number of aromatic carboxylic acids is 1. The van der Waals surface area contributed by atoms with Crippen molar-refractivity contribution in [2.45, 2.75) is 74.9 Å². The van der Waals surface area contributed by atoms with Gasteiger partial charge in [0.2, 0.25) is 0 Å². The molecule has 3 heterocycles. The average molecular weight is 458 g/mol. The molecule has 3 saturated heterocycles. The lowest BCUT2D eigenvalue weighted by Crippen LogP contribution is -2.55. The molecule has 4 rings (SSSR count). The van der Waals surface area contributed by atoms with E-state index in [4.69, 9.17) is 23.7 Å². The second-order valence-corrected chi connectivity index (χ2v) is 10.6. The lowest BCUT2D eigenvalue weighted by molar-refractivity contribution is -0.228. The van der Waals surface area contributed by atoms with Crippen molar-refractivity contribution >= 4 is 33.2 Å². The Kier molecular flexibility index (Phi) is 5.90. The number of hydrogen-bond donors (Lipinski definition) is 1. The Hall–Kier alpha value is -1.21. The standard InChI is InChI=1S/C19H23NO8S2/c1-18(2)25-13-12(24-17-15(14(13)26-18)27-19(3,4)28-17)8-29-30-9-5-6-11(20-23)10(7-9)16(21)22/h5-7,12-15,17H,8H2,1-4H3,(H,21,22)/t12-,13+,14+,15?,17?/m1/s1. The van der Waals surface area contributed by atoms with Crippen molar-refractivity contribution in [2.75, 3.05) is 5.75 Å². The van der Waals surface area contributed by atoms with Crippen LogP contribution in [-0.4, -0.2) is 59.1 Å². The first kappa shape index (κ1) is 22.0. The van der Waals surface area contributed by atoms with Gasteiger partial charge in [0, 0.05) is 10.6 Å². The molecule has 0 bridgehead atoms. The predicted octanol–water partition coefficient (Wildman–Crippen LogP) is 3.92. The maximum absolute atomic E-state index is 11.3. The third-order valence-electron chi connectivity index (χ3n) is 4.94. The molecule has 0 radical (unpaired) electrons. The maximum atomic E-state index is 11.3. The van der Waals surface area contributed by atoms with Gasteiger partial charge in [0.25, 0.3) is 0 Å². The van der Waals surface area contributed by atoms with Crippen LogP contribution >= 0.6 is 21.6 Å². The van der Waals surface area contributed by atoms with E-state index in [0.717, 1.165) is 0 Å². The molecule has 0 amide bonds. The van der Waals surface area contributed by atoms with Gasteiger partial charge in [0.15, 0.2) is 17.9 Å². The molecule has 0 saturated carbocycles. The quantitative estimate of drug-likeness (QED) is 0.498. The summed E-state index contributed by atoms with van der Waals surface area (Å²) in [5, 5.41) is 12.0. The highest BCUT2D eigenvalue weighted by molar-refractivity contribution is 8.76. The smallest absolute Gasteiger partial charge is 0.338 e. The first-order chi connectivity index (χ1) is 14.1. The monoisotopic (exact) mass is 457 g/mol. The number of carboxylic acids is 1. The van der Waals surface area contributed by atoms with E-state index in [2.05, 4.69) is 5.18 Å². The lowest BCUT2D eigenvalue weighted by atomic mass is 10.00. The summed E-state index contributed by atoms with van der Waals surface area (Å²) in [5.74, 6) is -2.17. The van der Waals surface area contributed by atoms with Gasteiger partial charge in [-0.25, -0.2) is 4.79 Å². The van der Waals surface area contributed by atoms with Crippen LogP contribution in [0.5, 0.6) is 0 Å². The number of benzene rings is 1. The molecule has 3 aliphatic heterocycles. The number of carbonyl (C=O) groups is 1. The molecule has 0 aliphatic carbocycles. The SMILES string of the molecule is CC1(C)OC2O[C@H](CSSc3ccc(N=O)c(C(=O)O)c3)[C@@H]3OC(C)(C)O[C@@H]3C2O1. The molecule has 5 atom stereocenters. The van der Waals surface area contributed by atoms with Crippen LogP contribution in [-0.2, 0) is 23.7 Å². The van der Waals surface area contributed by atoms with Crippen LogP contribution in [0.15, 0.2) is 28.3 Å². The minimum absolute atomic E-state index is 0.0962. The van der Waals surface area contributed by atoms with Crippen molar-refractivity contribution in [3.05, 3.63) is 28.7 Å². The average Bonchev–Trinajstić information content (AvgIpc) is 3.15. The van der Waals surface area contributed by atoms with Gasteiger partial charge in [-0.15, -0.1) is 4.91 Å². The molecule has 164 valence electrons. The van der Waals surface area contributed by atoms with Gasteiger partial charge in [-0.1, -0.05) is 21.6 Å². The number of nitroso groups, excluding NO2 is 1. The highest BCUT2D eigenvalue weighted by Gasteiger charge is 2.60. The van der Waals surface area contributed by atoms with Crippen LogP contribution in [0.3, 0.4) is 0 Å². The minimum Gasteiger partial charge on any atom is -0.478 e. The summed E-state index contributed by atoms with van der Waals surface area (Å²) in [6.07, 6.45) is -1.85. The Labute approximate surface area is 181 Å². The summed E-state index contributed by atoms with van der Waals surface area (Å²) < 4.78 is 30.2. The van der Waals surface area contributed by atoms with Crippen molar-refractivity contribution in [1.29, 1.82) is 0 Å². The Bertz CT molecular complexity index is 848. The van der Waals surface area contributed by atoms with E-state index < -0.39 is 23.8 Å². The first-order valence-electron chi connectivity index (χ1n) is 9.45. The summed E-state index contributed by atoms with van der Waals surface area (Å²) in [6.45, 7) is 7.39. The molecular formula is C19H23NO8S2. The summed E-state index contributed by atoms with van der Waals surface area (Å²) in [6, 6.07) is 4.50. The zero-order chi connectivity index (χ0) is 21.7. The van der Waals surface area contributed by atoms with Gasteiger partial charge in [-0.3, -0.25) is 0 Å². The molecule has 0 spiro atoms. The summed E-state index contributed by atoms with van der Waals surface area (Å²) >= 11 is 0. The van der Waals surface area contributed by atoms with E-state index in [1.54, 1.807) is 6.07 Å². The Balaban J connectivity index is 1.44. The van der Waals surface area contributed by atoms with Crippen LogP contribution in [0.4, 0.5) is 5.69 Å². The number of rotatable bonds is 6. The predicted molar refractivity (Wildman–Crippen MR) is 110 cm³/mol. The summed E-state index contributed by atoms with van der Waals surface area (Å²) in [5.41, 5.74) is -0.221. The topological polar surface area (TPSA) is 113 Å². The van der Waals surface area contributed by atoms with Gasteiger partial charge in [0.1, 0.15) is 24.0 Å². The number of hydrogen-bond acceptors (Lipinski definition) is 10. The summed E-state index contributed by atoms with van der Waals surface area (Å²) in [7, 11) is 2.87. The van der Waals surface area contributed by atoms with E-state index in [9.17, 15) is 14.8 Å². The van der Waals surface area contributed by atoms with Gasteiger partial charge < -0.3 is 28.8 Å². The number of fused-ring (bicyclic) bond motifs is 3. The van der Waals surface area contributed by atoms with Crippen molar-refractivity contribution in [3.63, 3.8) is 0 Å². The van der Waals surface area contributed by atoms with Crippen molar-refractivity contribution in [1.82, 2.24) is 0 Å². The van der Waals surface area contributed by atoms with E-state index in [1.807, 2.05) is 27.7 Å². The van der Waals surface area contributed by atoms with Crippen molar-refractivity contribution < 1.29 is 33.6 Å². The Morgan fingerprint density at radius 1 is 1.07 bits per heavy atom. The van der Waals surface area contributed by atoms with Gasteiger partial charge in [-0.2, -0.15) is 0 Å². The number of carboxylic acid groups (broad SMARTS) is 1. The van der Waals surface area contributed by atoms with Gasteiger partial charge in [0.05, 0.1) is 11.7 Å². The lowest BCUT2D eigenvalue weighted by Gasteiger charge is -2.37. The number of nitrogens with zero attached hydrogens (tertiary/aromatic N) is 1. The van der Waals surface area contributed by atoms with E-state index in [-0.39, 0.29) is 35.7 Å². The largest absolute Gasteiger partial charge is 0.478 e. The first-order valence-corrected chi connectivity index (χ1v) is 11.8. The molecule has 9 nitrogen and oxygen atoms in total. The fraction of sp³-hybridized carbons (Fsp3) is 0.632. The van der Waals surface area contributed by atoms with Crippen LogP contribution in [0.2, 0.25) is 0 Å². The van der Waals surface area contributed by atoms with Gasteiger partial charge >= 0.3 is 5.97 Å².